The van der Waals surface area contributed by atoms with Crippen LogP contribution in [0, 0.1) is 5.92 Å². The van der Waals surface area contributed by atoms with E-state index >= 15 is 0 Å². The molecule has 3 aromatic carbocycles. The molecule has 4 aromatic rings. The van der Waals surface area contributed by atoms with Crippen LogP contribution in [0.4, 0.5) is 18.9 Å². The predicted octanol–water partition coefficient (Wildman–Crippen LogP) is 6.04. The molecule has 2 unspecified atom stereocenters. The first-order chi connectivity index (χ1) is 18.2. The summed E-state index contributed by atoms with van der Waals surface area (Å²) in [5.41, 5.74) is -0.442. The summed E-state index contributed by atoms with van der Waals surface area (Å²) in [6.45, 7) is 0. The van der Waals surface area contributed by atoms with Crippen molar-refractivity contribution in [2.24, 2.45) is 5.92 Å². The number of alkyl halides is 3. The summed E-state index contributed by atoms with van der Waals surface area (Å²) in [5.74, 6) is -1.72. The molecule has 11 heteroatoms. The summed E-state index contributed by atoms with van der Waals surface area (Å²) in [7, 11) is 0. The molecule has 2 aliphatic rings. The maximum atomic E-state index is 13.8. The van der Waals surface area contributed by atoms with Crippen molar-refractivity contribution in [3.8, 4) is 11.5 Å². The number of anilines is 1. The fourth-order valence-corrected chi connectivity index (χ4v) is 7.36. The number of thioether (sulfide) groups is 1. The van der Waals surface area contributed by atoms with Gasteiger partial charge in [-0.25, -0.2) is 4.90 Å². The van der Waals surface area contributed by atoms with Gasteiger partial charge in [0.05, 0.1) is 22.2 Å². The van der Waals surface area contributed by atoms with Crippen LogP contribution in [0.2, 0.25) is 0 Å². The molecule has 2 aliphatic heterocycles. The van der Waals surface area contributed by atoms with Gasteiger partial charge < -0.3 is 9.72 Å². The first kappa shape index (κ1) is 24.5. The van der Waals surface area contributed by atoms with E-state index in [4.69, 9.17) is 4.74 Å². The van der Waals surface area contributed by atoms with Crippen molar-refractivity contribution in [3.05, 3.63) is 105 Å². The van der Waals surface area contributed by atoms with Crippen LogP contribution >= 0.6 is 23.1 Å². The highest BCUT2D eigenvalue weighted by molar-refractivity contribution is 8.00. The molecule has 38 heavy (non-hydrogen) atoms. The van der Waals surface area contributed by atoms with Gasteiger partial charge in [-0.3, -0.25) is 14.4 Å². The lowest BCUT2D eigenvalue weighted by Crippen LogP contribution is -2.32. The first-order valence-electron chi connectivity index (χ1n) is 11.5. The summed E-state index contributed by atoms with van der Waals surface area (Å²) in [4.78, 5) is 43.4. The van der Waals surface area contributed by atoms with E-state index in [2.05, 4.69) is 4.98 Å². The number of hydrogen-bond donors (Lipinski definition) is 1. The highest BCUT2D eigenvalue weighted by atomic mass is 32.2. The molecule has 0 radical (unpaired) electrons. The number of benzene rings is 3. The van der Waals surface area contributed by atoms with Crippen LogP contribution in [0.15, 0.2) is 88.7 Å². The Kier molecular flexibility index (Phi) is 5.92. The van der Waals surface area contributed by atoms with Crippen molar-refractivity contribution in [2.45, 2.75) is 22.4 Å². The number of thiazole rings is 1. The Labute approximate surface area is 222 Å². The fraction of sp³-hybridized carbons (Fsp3) is 0.148. The third-order valence-electron chi connectivity index (χ3n) is 6.45. The van der Waals surface area contributed by atoms with Crippen molar-refractivity contribution < 1.29 is 27.5 Å². The predicted molar refractivity (Wildman–Crippen MR) is 137 cm³/mol. The Morgan fingerprint density at radius 3 is 2.34 bits per heavy atom. The number of carbonyl (C=O) groups excluding carboxylic acids is 2. The average molecular weight is 555 g/mol. The lowest BCUT2D eigenvalue weighted by molar-refractivity contribution is -0.137. The number of hydrogen-bond acceptors (Lipinski definition) is 6. The van der Waals surface area contributed by atoms with Gasteiger partial charge in [0.15, 0.2) is 0 Å². The lowest BCUT2D eigenvalue weighted by atomic mass is 9.83. The van der Waals surface area contributed by atoms with E-state index in [0.29, 0.717) is 27.0 Å². The van der Waals surface area contributed by atoms with Gasteiger partial charge in [-0.2, -0.15) is 13.2 Å². The smallest absolute Gasteiger partial charge is 0.416 e. The quantitative estimate of drug-likeness (QED) is 0.311. The number of halogens is 3. The van der Waals surface area contributed by atoms with Crippen molar-refractivity contribution in [2.75, 3.05) is 4.90 Å². The zero-order valence-corrected chi connectivity index (χ0v) is 20.9. The van der Waals surface area contributed by atoms with Crippen molar-refractivity contribution in [1.29, 1.82) is 0 Å². The Hall–Kier alpha value is -3.83. The maximum Gasteiger partial charge on any atom is 0.416 e. The van der Waals surface area contributed by atoms with E-state index in [9.17, 15) is 27.6 Å². The number of para-hydroxylation sites is 1. The fourth-order valence-electron chi connectivity index (χ4n) is 4.85. The van der Waals surface area contributed by atoms with E-state index in [1.807, 2.05) is 18.2 Å². The second kappa shape index (κ2) is 9.17. The molecule has 1 fully saturated rings. The minimum absolute atomic E-state index is 0.137. The second-order valence-electron chi connectivity index (χ2n) is 8.80. The molecule has 2 amide bonds. The number of amides is 2. The number of ether oxygens (including phenoxy) is 1. The summed E-state index contributed by atoms with van der Waals surface area (Å²) < 4.78 is 46.0. The third-order valence-corrected chi connectivity index (χ3v) is 8.85. The topological polar surface area (TPSA) is 79.5 Å². The van der Waals surface area contributed by atoms with Crippen LogP contribution in [-0.2, 0) is 15.8 Å². The van der Waals surface area contributed by atoms with E-state index in [1.165, 1.54) is 12.1 Å². The number of carbonyl (C=O) groups is 2. The number of rotatable bonds is 4. The van der Waals surface area contributed by atoms with Gasteiger partial charge in [-0.1, -0.05) is 59.5 Å². The van der Waals surface area contributed by atoms with Gasteiger partial charge in [-0.15, -0.1) is 0 Å². The molecule has 1 N–H and O–H groups in total. The highest BCUT2D eigenvalue weighted by Gasteiger charge is 2.56. The summed E-state index contributed by atoms with van der Waals surface area (Å²) >= 11 is 2.02. The van der Waals surface area contributed by atoms with Gasteiger partial charge in [0.2, 0.25) is 11.8 Å². The highest BCUT2D eigenvalue weighted by Crippen LogP contribution is 2.53. The normalized spacial score (nSPS) is 20.8. The Bertz CT molecular complexity index is 1620. The molecule has 3 heterocycles. The first-order valence-corrected chi connectivity index (χ1v) is 13.2. The largest absolute Gasteiger partial charge is 0.457 e. The standard InChI is InChI=1S/C27H17F3N2O4S2/c28-27(29,30)15-7-5-8-16(13-15)32-24(33)20-19(21-23(31-26(35)38-21)37-22(20)25(32)34)14-6-4-11-18(12-14)36-17-9-2-1-3-10-17/h1-13,19-20,22H,(H,31,35)/t19-,20?,22?/m1/s1. The molecule has 1 aromatic heterocycles. The van der Waals surface area contributed by atoms with Gasteiger partial charge in [0.1, 0.15) is 16.7 Å². The number of aromatic amines is 1. The van der Waals surface area contributed by atoms with Gasteiger partial charge in [-0.05, 0) is 48.0 Å². The van der Waals surface area contributed by atoms with E-state index in [1.54, 1.807) is 36.4 Å². The van der Waals surface area contributed by atoms with Crippen molar-refractivity contribution >= 4 is 40.6 Å². The Balaban J connectivity index is 1.42. The number of aromatic nitrogens is 1. The summed E-state index contributed by atoms with van der Waals surface area (Å²) in [6.07, 6.45) is -4.63. The molecule has 0 saturated carbocycles. The number of fused-ring (bicyclic) bond motifs is 2. The number of imide groups is 1. The number of nitrogens with zero attached hydrogens (tertiary/aromatic N) is 1. The summed E-state index contributed by atoms with van der Waals surface area (Å²) in [5, 5.41) is -0.439. The van der Waals surface area contributed by atoms with Crippen molar-refractivity contribution in [3.63, 3.8) is 0 Å². The molecule has 3 atom stereocenters. The molecule has 0 spiro atoms. The molecule has 192 valence electrons. The van der Waals surface area contributed by atoms with Crippen LogP contribution in [0.1, 0.15) is 21.9 Å². The van der Waals surface area contributed by atoms with Crippen LogP contribution in [0.25, 0.3) is 0 Å². The minimum atomic E-state index is -4.63. The molecule has 6 nitrogen and oxygen atoms in total. The SMILES string of the molecule is O=C1C2Sc3[nH]c(=O)sc3[C@H](c3cccc(Oc4ccccc4)c3)C2C(=O)N1c1cccc(C(F)(F)F)c1. The van der Waals surface area contributed by atoms with Gasteiger partial charge in [0, 0.05) is 10.8 Å². The molecule has 1 saturated heterocycles. The Morgan fingerprint density at radius 2 is 1.58 bits per heavy atom. The second-order valence-corrected chi connectivity index (χ2v) is 11.0. The van der Waals surface area contributed by atoms with E-state index < -0.39 is 40.6 Å². The monoisotopic (exact) mass is 554 g/mol. The Morgan fingerprint density at radius 1 is 0.842 bits per heavy atom. The molecular weight excluding hydrogens is 537 g/mol. The maximum absolute atomic E-state index is 13.8. The van der Waals surface area contributed by atoms with Gasteiger partial charge >= 0.3 is 11.0 Å². The zero-order chi connectivity index (χ0) is 26.6. The third kappa shape index (κ3) is 4.21. The van der Waals surface area contributed by atoms with E-state index in [0.717, 1.165) is 40.1 Å². The summed E-state index contributed by atoms with van der Waals surface area (Å²) in [6, 6.07) is 20.3. The van der Waals surface area contributed by atoms with E-state index in [-0.39, 0.29) is 10.6 Å². The molecule has 0 bridgehead atoms. The molecule has 0 aliphatic carbocycles. The number of nitrogens with one attached hydrogen (secondary N) is 1. The zero-order valence-electron chi connectivity index (χ0n) is 19.3. The van der Waals surface area contributed by atoms with Crippen LogP contribution in [0.5, 0.6) is 11.5 Å². The molecule has 6 rings (SSSR count). The van der Waals surface area contributed by atoms with Crippen LogP contribution in [0.3, 0.4) is 0 Å². The lowest BCUT2D eigenvalue weighted by Gasteiger charge is -2.30. The molecular formula is C27H17F3N2O4S2. The van der Waals surface area contributed by atoms with Crippen LogP contribution < -0.4 is 14.5 Å². The number of H-pyrrole nitrogens is 1. The van der Waals surface area contributed by atoms with Crippen molar-refractivity contribution in [1.82, 2.24) is 4.98 Å². The average Bonchev–Trinajstić information content (AvgIpc) is 3.38. The van der Waals surface area contributed by atoms with Crippen LogP contribution in [-0.4, -0.2) is 22.0 Å². The van der Waals surface area contributed by atoms with Gasteiger partial charge in [0.25, 0.3) is 0 Å². The minimum Gasteiger partial charge on any atom is -0.457 e.